The standard InChI is InChI=1S/C6H3BrFNO2S/c7-4-1-3(12)2-5(8)6(4)9(10)11/h1-2,12H. The van der Waals surface area contributed by atoms with Gasteiger partial charge in [0.05, 0.1) is 9.40 Å². The topological polar surface area (TPSA) is 43.1 Å². The number of halogens is 2. The molecule has 0 N–H and O–H groups in total. The summed E-state index contributed by atoms with van der Waals surface area (Å²) in [4.78, 5) is 9.82. The minimum atomic E-state index is -0.889. The van der Waals surface area contributed by atoms with Crippen LogP contribution < -0.4 is 0 Å². The minimum absolute atomic E-state index is 0.0949. The summed E-state index contributed by atoms with van der Waals surface area (Å²) in [6.07, 6.45) is 0. The molecule has 1 aromatic carbocycles. The maximum absolute atomic E-state index is 12.8. The first kappa shape index (κ1) is 9.47. The van der Waals surface area contributed by atoms with E-state index < -0.39 is 16.4 Å². The number of thiol groups is 1. The number of nitrogens with zero attached hydrogens (tertiary/aromatic N) is 1. The smallest absolute Gasteiger partial charge is 0.258 e. The molecule has 12 heavy (non-hydrogen) atoms. The molecule has 0 bridgehead atoms. The Morgan fingerprint density at radius 2 is 2.17 bits per heavy atom. The quantitative estimate of drug-likeness (QED) is 0.474. The van der Waals surface area contributed by atoms with Crippen LogP contribution in [-0.2, 0) is 0 Å². The molecule has 0 spiro atoms. The van der Waals surface area contributed by atoms with E-state index in [1.807, 2.05) is 0 Å². The lowest BCUT2D eigenvalue weighted by Gasteiger charge is -1.97. The van der Waals surface area contributed by atoms with Gasteiger partial charge in [-0.25, -0.2) is 0 Å². The zero-order chi connectivity index (χ0) is 9.30. The molecule has 1 aromatic rings. The lowest BCUT2D eigenvalue weighted by atomic mass is 10.3. The van der Waals surface area contributed by atoms with Gasteiger partial charge in [-0.2, -0.15) is 4.39 Å². The van der Waals surface area contributed by atoms with Crippen molar-refractivity contribution in [1.82, 2.24) is 0 Å². The monoisotopic (exact) mass is 251 g/mol. The van der Waals surface area contributed by atoms with Crippen LogP contribution >= 0.6 is 28.6 Å². The first-order chi connectivity index (χ1) is 5.52. The Bertz CT molecular complexity index is 321. The second kappa shape index (κ2) is 3.40. The van der Waals surface area contributed by atoms with Gasteiger partial charge in [-0.05, 0) is 28.1 Å². The fourth-order valence-corrected chi connectivity index (χ4v) is 1.73. The minimum Gasteiger partial charge on any atom is -0.258 e. The molecule has 0 unspecified atom stereocenters. The third-order valence-corrected chi connectivity index (χ3v) is 2.05. The van der Waals surface area contributed by atoms with Crippen molar-refractivity contribution in [2.24, 2.45) is 0 Å². The molecule has 0 amide bonds. The van der Waals surface area contributed by atoms with Gasteiger partial charge < -0.3 is 0 Å². The highest BCUT2D eigenvalue weighted by molar-refractivity contribution is 9.10. The summed E-state index contributed by atoms with van der Waals surface area (Å²) in [6, 6.07) is 2.36. The van der Waals surface area contributed by atoms with Crippen LogP contribution in [0, 0.1) is 15.9 Å². The van der Waals surface area contributed by atoms with Crippen molar-refractivity contribution in [3.8, 4) is 0 Å². The fraction of sp³-hybridized carbons (Fsp3) is 0. The number of nitro groups is 1. The van der Waals surface area contributed by atoms with Crippen LogP contribution in [0.5, 0.6) is 0 Å². The Kier molecular flexibility index (Phi) is 2.69. The van der Waals surface area contributed by atoms with Crippen LogP contribution in [0.3, 0.4) is 0 Å². The lowest BCUT2D eigenvalue weighted by Crippen LogP contribution is -1.93. The molecule has 0 aliphatic heterocycles. The largest absolute Gasteiger partial charge is 0.318 e. The van der Waals surface area contributed by atoms with Gasteiger partial charge in [-0.1, -0.05) is 0 Å². The average molecular weight is 252 g/mol. The molecular formula is C6H3BrFNO2S. The van der Waals surface area contributed by atoms with E-state index in [9.17, 15) is 14.5 Å². The molecule has 0 aliphatic rings. The molecule has 64 valence electrons. The van der Waals surface area contributed by atoms with Gasteiger partial charge in [0.2, 0.25) is 5.82 Å². The molecule has 0 aliphatic carbocycles. The second-order valence-corrected chi connectivity index (χ2v) is 3.39. The Hall–Kier alpha value is -0.620. The third-order valence-electron chi connectivity index (χ3n) is 1.18. The van der Waals surface area contributed by atoms with Crippen molar-refractivity contribution >= 4 is 34.2 Å². The van der Waals surface area contributed by atoms with E-state index in [4.69, 9.17) is 0 Å². The van der Waals surface area contributed by atoms with Crippen LogP contribution in [0.1, 0.15) is 0 Å². The maximum atomic E-state index is 12.8. The first-order valence-corrected chi connectivity index (χ1v) is 4.09. The number of benzene rings is 1. The Balaban J connectivity index is 3.38. The average Bonchev–Trinajstić information content (AvgIpc) is 1.82. The predicted octanol–water partition coefficient (Wildman–Crippen LogP) is 2.79. The zero-order valence-electron chi connectivity index (χ0n) is 5.62. The van der Waals surface area contributed by atoms with E-state index in [0.29, 0.717) is 4.90 Å². The van der Waals surface area contributed by atoms with Gasteiger partial charge in [0.25, 0.3) is 0 Å². The fourth-order valence-electron chi connectivity index (χ4n) is 0.727. The van der Waals surface area contributed by atoms with Crippen molar-refractivity contribution < 1.29 is 9.31 Å². The molecular weight excluding hydrogens is 249 g/mol. The van der Waals surface area contributed by atoms with Crippen LogP contribution in [-0.4, -0.2) is 4.92 Å². The highest BCUT2D eigenvalue weighted by atomic mass is 79.9. The van der Waals surface area contributed by atoms with Gasteiger partial charge >= 0.3 is 5.69 Å². The first-order valence-electron chi connectivity index (χ1n) is 2.85. The molecule has 0 saturated carbocycles. The van der Waals surface area contributed by atoms with Crippen LogP contribution in [0.4, 0.5) is 10.1 Å². The van der Waals surface area contributed by atoms with Gasteiger partial charge in [-0.15, -0.1) is 12.6 Å². The number of rotatable bonds is 1. The van der Waals surface area contributed by atoms with Gasteiger partial charge in [-0.3, -0.25) is 10.1 Å². The summed E-state index contributed by atoms with van der Waals surface area (Å²) in [5, 5.41) is 10.3. The van der Waals surface area contributed by atoms with Crippen LogP contribution in [0.25, 0.3) is 0 Å². The zero-order valence-corrected chi connectivity index (χ0v) is 8.10. The molecule has 0 fully saturated rings. The Labute approximate surface area is 81.3 Å². The summed E-state index contributed by atoms with van der Waals surface area (Å²) < 4.78 is 12.9. The third kappa shape index (κ3) is 1.75. The maximum Gasteiger partial charge on any atom is 0.318 e. The van der Waals surface area contributed by atoms with Crippen molar-refractivity contribution in [3.63, 3.8) is 0 Å². The van der Waals surface area contributed by atoms with Crippen molar-refractivity contribution in [1.29, 1.82) is 0 Å². The van der Waals surface area contributed by atoms with Gasteiger partial charge in [0.1, 0.15) is 0 Å². The Morgan fingerprint density at radius 3 is 2.58 bits per heavy atom. The van der Waals surface area contributed by atoms with E-state index >= 15 is 0 Å². The summed E-state index contributed by atoms with van der Waals surface area (Å²) in [5.41, 5.74) is -0.562. The van der Waals surface area contributed by atoms with E-state index in [1.54, 1.807) is 0 Å². The normalized spacial score (nSPS) is 9.92. The number of hydrogen-bond donors (Lipinski definition) is 1. The van der Waals surface area contributed by atoms with E-state index in [2.05, 4.69) is 28.6 Å². The molecule has 6 heteroatoms. The van der Waals surface area contributed by atoms with Crippen molar-refractivity contribution in [2.45, 2.75) is 4.90 Å². The summed E-state index contributed by atoms with van der Waals surface area (Å²) in [7, 11) is 0. The summed E-state index contributed by atoms with van der Waals surface area (Å²) in [5.74, 6) is -0.889. The highest BCUT2D eigenvalue weighted by Crippen LogP contribution is 2.30. The SMILES string of the molecule is O=[N+]([O-])c1c(F)cc(S)cc1Br. The molecule has 0 aromatic heterocycles. The highest BCUT2D eigenvalue weighted by Gasteiger charge is 2.18. The van der Waals surface area contributed by atoms with Crippen molar-refractivity contribution in [2.75, 3.05) is 0 Å². The molecule has 0 radical (unpaired) electrons. The predicted molar refractivity (Wildman–Crippen MR) is 48.0 cm³/mol. The number of hydrogen-bond acceptors (Lipinski definition) is 3. The van der Waals surface area contributed by atoms with Crippen LogP contribution in [0.2, 0.25) is 0 Å². The molecule has 0 saturated heterocycles. The van der Waals surface area contributed by atoms with Crippen LogP contribution in [0.15, 0.2) is 21.5 Å². The van der Waals surface area contributed by atoms with E-state index in [1.165, 1.54) is 6.07 Å². The second-order valence-electron chi connectivity index (χ2n) is 2.02. The molecule has 0 atom stereocenters. The summed E-state index contributed by atoms with van der Waals surface area (Å²) >= 11 is 6.71. The molecule has 0 heterocycles. The van der Waals surface area contributed by atoms with E-state index in [0.717, 1.165) is 6.07 Å². The van der Waals surface area contributed by atoms with Gasteiger partial charge in [0.15, 0.2) is 0 Å². The number of nitro benzene ring substituents is 1. The van der Waals surface area contributed by atoms with Gasteiger partial charge in [0, 0.05) is 4.90 Å². The summed E-state index contributed by atoms with van der Waals surface area (Å²) in [6.45, 7) is 0. The Morgan fingerprint density at radius 1 is 1.58 bits per heavy atom. The lowest BCUT2D eigenvalue weighted by molar-refractivity contribution is -0.388. The molecule has 3 nitrogen and oxygen atoms in total. The molecule has 1 rings (SSSR count). The van der Waals surface area contributed by atoms with Crippen molar-refractivity contribution in [3.05, 3.63) is 32.5 Å². The van der Waals surface area contributed by atoms with E-state index in [-0.39, 0.29) is 4.47 Å².